The van der Waals surface area contributed by atoms with Gasteiger partial charge in [0.1, 0.15) is 0 Å². The van der Waals surface area contributed by atoms with Crippen LogP contribution >= 0.6 is 0 Å². The number of aromatic nitrogens is 2. The number of ether oxygens (including phenoxy) is 1. The molecule has 0 fully saturated rings. The fourth-order valence-electron chi connectivity index (χ4n) is 4.79. The molecule has 0 aliphatic heterocycles. The van der Waals surface area contributed by atoms with Gasteiger partial charge in [-0.15, -0.1) is 0 Å². The summed E-state index contributed by atoms with van der Waals surface area (Å²) in [7, 11) is 0. The van der Waals surface area contributed by atoms with E-state index in [0.29, 0.717) is 28.1 Å². The summed E-state index contributed by atoms with van der Waals surface area (Å²) in [6.07, 6.45) is -1.04. The Morgan fingerprint density at radius 2 is 1.05 bits per heavy atom. The molecule has 0 aliphatic rings. The summed E-state index contributed by atoms with van der Waals surface area (Å²) < 4.78 is 5.70. The summed E-state index contributed by atoms with van der Waals surface area (Å²) in [6.45, 7) is 1.58. The van der Waals surface area contributed by atoms with Gasteiger partial charge in [0.25, 0.3) is 5.91 Å². The minimum Gasteiger partial charge on any atom is -0.449 e. The number of fused-ring (bicyclic) bond motifs is 1. The Kier molecular flexibility index (Phi) is 7.51. The summed E-state index contributed by atoms with van der Waals surface area (Å²) in [5.74, 6) is -0.978. The third kappa shape index (κ3) is 5.51. The van der Waals surface area contributed by atoms with Crippen LogP contribution in [0.25, 0.3) is 33.5 Å². The van der Waals surface area contributed by atoms with E-state index in [-0.39, 0.29) is 11.5 Å². The van der Waals surface area contributed by atoms with Gasteiger partial charge in [0.15, 0.2) is 6.10 Å². The molecule has 0 radical (unpaired) electrons. The molecule has 0 saturated carbocycles. The maximum absolute atomic E-state index is 13.6. The van der Waals surface area contributed by atoms with Crippen molar-refractivity contribution in [3.05, 3.63) is 145 Å². The molecule has 0 aliphatic carbocycles. The topological polar surface area (TPSA) is 72.4 Å². The van der Waals surface area contributed by atoms with Crippen molar-refractivity contribution in [3.8, 4) is 22.5 Å². The van der Waals surface area contributed by atoms with E-state index < -0.39 is 12.1 Å². The number of carbonyl (C=O) groups is 2. The number of amides is 1. The standard InChI is InChI=1S/C36H27N3O3/c1-25(35(40)39(29-18-10-4-11-19-29)30-20-12-5-13-21-30)42-36(41)28-22-23-31-32(24-28)38-34(27-16-8-3-9-17-27)33(37-31)26-14-6-2-7-15-26/h2-25H,1H3. The second-order valence-electron chi connectivity index (χ2n) is 9.75. The van der Waals surface area contributed by atoms with E-state index in [2.05, 4.69) is 0 Å². The molecule has 6 aromatic rings. The first-order valence-corrected chi connectivity index (χ1v) is 13.7. The molecule has 5 aromatic carbocycles. The van der Waals surface area contributed by atoms with Gasteiger partial charge in [0.2, 0.25) is 0 Å². The summed E-state index contributed by atoms with van der Waals surface area (Å²) in [6, 6.07) is 43.4. The van der Waals surface area contributed by atoms with E-state index in [1.165, 1.54) is 0 Å². The van der Waals surface area contributed by atoms with Crippen LogP contribution in [0, 0.1) is 0 Å². The monoisotopic (exact) mass is 549 g/mol. The third-order valence-corrected chi connectivity index (χ3v) is 6.88. The average molecular weight is 550 g/mol. The van der Waals surface area contributed by atoms with E-state index in [1.54, 1.807) is 30.0 Å². The van der Waals surface area contributed by atoms with Gasteiger partial charge in [-0.25, -0.2) is 14.8 Å². The number of anilines is 2. The summed E-state index contributed by atoms with van der Waals surface area (Å²) in [5, 5.41) is 0. The van der Waals surface area contributed by atoms with E-state index in [0.717, 1.165) is 16.8 Å². The highest BCUT2D eigenvalue weighted by molar-refractivity contribution is 6.04. The smallest absolute Gasteiger partial charge is 0.338 e. The molecule has 1 amide bonds. The van der Waals surface area contributed by atoms with Crippen LogP contribution in [0.1, 0.15) is 17.3 Å². The molecule has 1 heterocycles. The zero-order valence-electron chi connectivity index (χ0n) is 22.9. The van der Waals surface area contributed by atoms with Gasteiger partial charge in [-0.2, -0.15) is 0 Å². The second-order valence-corrected chi connectivity index (χ2v) is 9.75. The Balaban J connectivity index is 1.31. The van der Waals surface area contributed by atoms with Gasteiger partial charge >= 0.3 is 5.97 Å². The van der Waals surface area contributed by atoms with Gasteiger partial charge in [-0.3, -0.25) is 9.69 Å². The zero-order valence-corrected chi connectivity index (χ0v) is 22.9. The quantitative estimate of drug-likeness (QED) is 0.190. The van der Waals surface area contributed by atoms with E-state index in [1.807, 2.05) is 121 Å². The summed E-state index contributed by atoms with van der Waals surface area (Å²) >= 11 is 0. The van der Waals surface area contributed by atoms with Crippen LogP contribution in [0.2, 0.25) is 0 Å². The Morgan fingerprint density at radius 3 is 1.55 bits per heavy atom. The predicted molar refractivity (Wildman–Crippen MR) is 165 cm³/mol. The molecule has 0 N–H and O–H groups in total. The molecule has 0 spiro atoms. The van der Waals surface area contributed by atoms with Gasteiger partial charge < -0.3 is 4.74 Å². The van der Waals surface area contributed by atoms with Crippen molar-refractivity contribution in [3.63, 3.8) is 0 Å². The van der Waals surface area contributed by atoms with Crippen LogP contribution in [0.3, 0.4) is 0 Å². The highest BCUT2D eigenvalue weighted by atomic mass is 16.5. The summed E-state index contributed by atoms with van der Waals surface area (Å²) in [4.78, 5) is 38.3. The molecule has 6 heteroatoms. The molecule has 1 unspecified atom stereocenters. The first-order valence-electron chi connectivity index (χ1n) is 13.7. The van der Waals surface area contributed by atoms with E-state index in [9.17, 15) is 9.59 Å². The maximum Gasteiger partial charge on any atom is 0.338 e. The van der Waals surface area contributed by atoms with Crippen LogP contribution < -0.4 is 4.90 Å². The highest BCUT2D eigenvalue weighted by Gasteiger charge is 2.27. The Labute approximate surface area is 243 Å². The van der Waals surface area contributed by atoms with Crippen LogP contribution in [0.15, 0.2) is 140 Å². The lowest BCUT2D eigenvalue weighted by atomic mass is 10.0. The van der Waals surface area contributed by atoms with Crippen LogP contribution in [0.5, 0.6) is 0 Å². The Morgan fingerprint density at radius 1 is 0.595 bits per heavy atom. The van der Waals surface area contributed by atoms with Gasteiger partial charge in [0.05, 0.1) is 28.0 Å². The number of esters is 1. The SMILES string of the molecule is CC(OC(=O)c1ccc2nc(-c3ccccc3)c(-c3ccccc3)nc2c1)C(=O)N(c1ccccc1)c1ccccc1. The molecule has 42 heavy (non-hydrogen) atoms. The lowest BCUT2D eigenvalue weighted by Crippen LogP contribution is -2.37. The minimum atomic E-state index is -1.04. The van der Waals surface area contributed by atoms with Crippen LogP contribution in [0.4, 0.5) is 11.4 Å². The van der Waals surface area contributed by atoms with Crippen LogP contribution in [-0.4, -0.2) is 27.9 Å². The summed E-state index contributed by atoms with van der Waals surface area (Å²) in [5.41, 5.74) is 6.18. The molecular formula is C36H27N3O3. The van der Waals surface area contributed by atoms with Gasteiger partial charge in [-0.05, 0) is 49.4 Å². The Bertz CT molecular complexity index is 1810. The molecule has 6 rings (SSSR count). The predicted octanol–water partition coefficient (Wildman–Crippen LogP) is 7.87. The zero-order chi connectivity index (χ0) is 28.9. The Hall–Kier alpha value is -5.62. The molecule has 204 valence electrons. The molecule has 0 saturated heterocycles. The normalized spacial score (nSPS) is 11.5. The molecular weight excluding hydrogens is 522 g/mol. The first kappa shape index (κ1) is 26.6. The number of hydrogen-bond acceptors (Lipinski definition) is 5. The number of rotatable bonds is 7. The van der Waals surface area contributed by atoms with Crippen molar-refractivity contribution < 1.29 is 14.3 Å². The number of para-hydroxylation sites is 2. The highest BCUT2D eigenvalue weighted by Crippen LogP contribution is 2.31. The average Bonchev–Trinajstić information content (AvgIpc) is 3.05. The number of benzene rings is 5. The molecule has 0 bridgehead atoms. The first-order chi connectivity index (χ1) is 20.6. The maximum atomic E-state index is 13.6. The minimum absolute atomic E-state index is 0.286. The van der Waals surface area contributed by atoms with Gasteiger partial charge in [0, 0.05) is 22.5 Å². The van der Waals surface area contributed by atoms with Crippen LogP contribution in [-0.2, 0) is 9.53 Å². The van der Waals surface area contributed by atoms with Crippen molar-refractivity contribution in [2.45, 2.75) is 13.0 Å². The lowest BCUT2D eigenvalue weighted by Gasteiger charge is -2.26. The fourth-order valence-corrected chi connectivity index (χ4v) is 4.79. The number of nitrogens with zero attached hydrogens (tertiary/aromatic N) is 3. The van der Waals surface area contributed by atoms with Crippen molar-refractivity contribution in [2.24, 2.45) is 0 Å². The van der Waals surface area contributed by atoms with Crippen molar-refractivity contribution in [1.29, 1.82) is 0 Å². The van der Waals surface area contributed by atoms with Crippen molar-refractivity contribution >= 4 is 34.3 Å². The second kappa shape index (κ2) is 11.9. The molecule has 6 nitrogen and oxygen atoms in total. The van der Waals surface area contributed by atoms with Crippen molar-refractivity contribution in [1.82, 2.24) is 9.97 Å². The molecule has 1 atom stereocenters. The van der Waals surface area contributed by atoms with E-state index >= 15 is 0 Å². The largest absolute Gasteiger partial charge is 0.449 e. The van der Waals surface area contributed by atoms with Gasteiger partial charge in [-0.1, -0.05) is 97.1 Å². The van der Waals surface area contributed by atoms with E-state index in [4.69, 9.17) is 14.7 Å². The molecule has 1 aromatic heterocycles. The third-order valence-electron chi connectivity index (χ3n) is 6.88. The number of hydrogen-bond donors (Lipinski definition) is 0. The fraction of sp³-hybridized carbons (Fsp3) is 0.0556. The lowest BCUT2D eigenvalue weighted by molar-refractivity contribution is -0.125. The number of carbonyl (C=O) groups excluding carboxylic acids is 2. The van der Waals surface area contributed by atoms with Crippen molar-refractivity contribution in [2.75, 3.05) is 4.90 Å².